The number of nitriles is 1. The average molecular weight is 386 g/mol. The van der Waals surface area contributed by atoms with Crippen LogP contribution in [-0.4, -0.2) is 41.3 Å². The monoisotopic (exact) mass is 386 g/mol. The Morgan fingerprint density at radius 3 is 2.55 bits per heavy atom. The smallest absolute Gasteiger partial charge is 0.259 e. The first-order valence-corrected chi connectivity index (χ1v) is 9.20. The Morgan fingerprint density at radius 1 is 1.10 bits per heavy atom. The number of benzene rings is 2. The third kappa shape index (κ3) is 3.25. The van der Waals surface area contributed by atoms with Crippen molar-refractivity contribution in [1.82, 2.24) is 9.88 Å². The lowest BCUT2D eigenvalue weighted by Crippen LogP contribution is -2.53. The van der Waals surface area contributed by atoms with Crippen LogP contribution in [0.25, 0.3) is 10.9 Å². The molecule has 1 saturated heterocycles. The van der Waals surface area contributed by atoms with Gasteiger partial charge in [-0.05, 0) is 42.8 Å². The van der Waals surface area contributed by atoms with Gasteiger partial charge in [0.25, 0.3) is 5.91 Å². The number of anilines is 1. The van der Waals surface area contributed by atoms with Crippen LogP contribution in [0.4, 0.5) is 5.69 Å². The minimum absolute atomic E-state index is 0.0303. The Kier molecular flexibility index (Phi) is 4.61. The Morgan fingerprint density at radius 2 is 1.86 bits per heavy atom. The highest BCUT2D eigenvalue weighted by atomic mass is 16.2. The maximum atomic E-state index is 12.9. The topological polar surface area (TPSA) is 97.3 Å². The van der Waals surface area contributed by atoms with Gasteiger partial charge in [0.1, 0.15) is 12.1 Å². The summed E-state index contributed by atoms with van der Waals surface area (Å²) in [7, 11) is 0. The van der Waals surface area contributed by atoms with E-state index in [1.54, 1.807) is 41.3 Å². The molecule has 29 heavy (non-hydrogen) atoms. The normalized spacial score (nSPS) is 14.1. The zero-order valence-corrected chi connectivity index (χ0v) is 15.8. The molecule has 144 valence electrons. The first-order valence-electron chi connectivity index (χ1n) is 9.20. The summed E-state index contributed by atoms with van der Waals surface area (Å²) in [6.45, 7) is 2.42. The second kappa shape index (κ2) is 7.24. The van der Waals surface area contributed by atoms with Crippen molar-refractivity contribution >= 4 is 28.4 Å². The maximum Gasteiger partial charge on any atom is 0.259 e. The average Bonchev–Trinajstić information content (AvgIpc) is 2.74. The van der Waals surface area contributed by atoms with Crippen molar-refractivity contribution in [1.29, 1.82) is 5.26 Å². The van der Waals surface area contributed by atoms with Gasteiger partial charge in [0.05, 0.1) is 17.1 Å². The number of hydrogen-bond acceptors (Lipinski definition) is 4. The zero-order valence-electron chi connectivity index (χ0n) is 15.8. The number of carbonyl (C=O) groups excluding carboxylic acids is 2. The number of para-hydroxylation sites is 1. The number of pyridine rings is 1. The van der Waals surface area contributed by atoms with Crippen LogP contribution in [0.2, 0.25) is 0 Å². The van der Waals surface area contributed by atoms with Crippen LogP contribution in [0, 0.1) is 18.3 Å². The van der Waals surface area contributed by atoms with Crippen molar-refractivity contribution in [3.8, 4) is 6.07 Å². The van der Waals surface area contributed by atoms with Gasteiger partial charge in [0.15, 0.2) is 0 Å². The van der Waals surface area contributed by atoms with Crippen LogP contribution in [0.5, 0.6) is 0 Å². The second-order valence-corrected chi connectivity index (χ2v) is 6.96. The van der Waals surface area contributed by atoms with Crippen molar-refractivity contribution < 1.29 is 9.59 Å². The number of amides is 2. The predicted octanol–water partition coefficient (Wildman–Crippen LogP) is 2.20. The van der Waals surface area contributed by atoms with Crippen LogP contribution in [0.3, 0.4) is 0 Å². The van der Waals surface area contributed by atoms with Gasteiger partial charge in [-0.1, -0.05) is 12.1 Å². The van der Waals surface area contributed by atoms with Crippen molar-refractivity contribution in [2.24, 2.45) is 0 Å². The van der Waals surface area contributed by atoms with E-state index in [1.807, 2.05) is 19.1 Å². The molecule has 0 unspecified atom stereocenters. The molecule has 7 heteroatoms. The molecule has 1 aromatic heterocycles. The second-order valence-electron chi connectivity index (χ2n) is 6.96. The molecular formula is C22H18N4O3. The third-order valence-electron chi connectivity index (χ3n) is 5.17. The van der Waals surface area contributed by atoms with E-state index in [0.717, 1.165) is 5.56 Å². The number of aryl methyl sites for hydroxylation is 1. The molecular weight excluding hydrogens is 368 g/mol. The fourth-order valence-electron chi connectivity index (χ4n) is 3.57. The molecule has 0 atom stereocenters. The minimum atomic E-state index is -0.456. The fourth-order valence-corrected chi connectivity index (χ4v) is 3.57. The summed E-state index contributed by atoms with van der Waals surface area (Å²) in [5.74, 6) is -0.690. The van der Waals surface area contributed by atoms with Gasteiger partial charge in [-0.25, -0.2) is 0 Å². The Labute approximate surface area is 166 Å². The summed E-state index contributed by atoms with van der Waals surface area (Å²) >= 11 is 0. The van der Waals surface area contributed by atoms with Crippen LogP contribution in [0.1, 0.15) is 21.5 Å². The molecule has 1 N–H and O–H groups in total. The minimum Gasteiger partial charge on any atom is -0.360 e. The number of carbonyl (C=O) groups is 2. The summed E-state index contributed by atoms with van der Waals surface area (Å²) in [6, 6.07) is 14.1. The van der Waals surface area contributed by atoms with Gasteiger partial charge in [0.2, 0.25) is 11.3 Å². The predicted molar refractivity (Wildman–Crippen MR) is 109 cm³/mol. The molecule has 1 fully saturated rings. The van der Waals surface area contributed by atoms with E-state index in [0.29, 0.717) is 35.2 Å². The van der Waals surface area contributed by atoms with E-state index >= 15 is 0 Å². The van der Waals surface area contributed by atoms with Gasteiger partial charge < -0.3 is 14.8 Å². The van der Waals surface area contributed by atoms with Gasteiger partial charge in [-0.2, -0.15) is 5.26 Å². The molecule has 0 bridgehead atoms. The number of nitrogens with zero attached hydrogens (tertiary/aromatic N) is 3. The van der Waals surface area contributed by atoms with Crippen molar-refractivity contribution in [3.05, 3.63) is 75.6 Å². The summed E-state index contributed by atoms with van der Waals surface area (Å²) in [6.07, 6.45) is 1.43. The van der Waals surface area contributed by atoms with Gasteiger partial charge >= 0.3 is 0 Å². The molecule has 2 aromatic carbocycles. The Bertz CT molecular complexity index is 1220. The third-order valence-corrected chi connectivity index (χ3v) is 5.17. The standard InChI is InChI=1S/C22H18N4O3/c1-14-3-2-4-17-20(14)24-12-18(21(17)28)22(29)25-9-10-26(19(27)13-25)16-7-5-15(11-23)6-8-16/h2-8,12H,9-10,13H2,1H3,(H,24,28). The van der Waals surface area contributed by atoms with Crippen molar-refractivity contribution in [2.45, 2.75) is 6.92 Å². The lowest BCUT2D eigenvalue weighted by Gasteiger charge is -2.34. The molecule has 2 amide bonds. The first-order chi connectivity index (χ1) is 14.0. The molecule has 7 nitrogen and oxygen atoms in total. The zero-order chi connectivity index (χ0) is 20.5. The molecule has 1 aliphatic rings. The Balaban J connectivity index is 1.56. The number of aromatic nitrogens is 1. The van der Waals surface area contributed by atoms with E-state index in [-0.39, 0.29) is 23.4 Å². The van der Waals surface area contributed by atoms with E-state index in [4.69, 9.17) is 5.26 Å². The Hall–Kier alpha value is -3.92. The molecule has 3 aromatic rings. The molecule has 1 aliphatic heterocycles. The number of rotatable bonds is 2. The number of fused-ring (bicyclic) bond motifs is 1. The van der Waals surface area contributed by atoms with Crippen LogP contribution in [0.15, 0.2) is 53.5 Å². The molecule has 4 rings (SSSR count). The number of H-pyrrole nitrogens is 1. The van der Waals surface area contributed by atoms with Gasteiger partial charge in [0, 0.05) is 30.4 Å². The van der Waals surface area contributed by atoms with Crippen LogP contribution in [-0.2, 0) is 4.79 Å². The van der Waals surface area contributed by atoms with E-state index in [9.17, 15) is 14.4 Å². The summed E-state index contributed by atoms with van der Waals surface area (Å²) in [5.41, 5.74) is 2.51. The SMILES string of the molecule is Cc1cccc2c(=O)c(C(=O)N3CCN(c4ccc(C#N)cc4)C(=O)C3)c[nH]c12. The van der Waals surface area contributed by atoms with Crippen LogP contribution < -0.4 is 10.3 Å². The highest BCUT2D eigenvalue weighted by molar-refractivity contribution is 6.02. The molecule has 0 saturated carbocycles. The fraction of sp³-hybridized carbons (Fsp3) is 0.182. The van der Waals surface area contributed by atoms with Gasteiger partial charge in [-0.15, -0.1) is 0 Å². The van der Waals surface area contributed by atoms with Crippen LogP contribution >= 0.6 is 0 Å². The molecule has 0 spiro atoms. The van der Waals surface area contributed by atoms with Crippen molar-refractivity contribution in [2.75, 3.05) is 24.5 Å². The van der Waals surface area contributed by atoms with E-state index in [2.05, 4.69) is 4.98 Å². The quantitative estimate of drug-likeness (QED) is 0.730. The summed E-state index contributed by atoms with van der Waals surface area (Å²) in [5, 5.41) is 9.35. The summed E-state index contributed by atoms with van der Waals surface area (Å²) in [4.78, 5) is 44.4. The van der Waals surface area contributed by atoms with Gasteiger partial charge in [-0.3, -0.25) is 14.4 Å². The maximum absolute atomic E-state index is 12.9. The number of piperazine rings is 1. The lowest BCUT2D eigenvalue weighted by molar-refractivity contribution is -0.120. The molecule has 2 heterocycles. The highest BCUT2D eigenvalue weighted by Gasteiger charge is 2.30. The largest absolute Gasteiger partial charge is 0.360 e. The highest BCUT2D eigenvalue weighted by Crippen LogP contribution is 2.19. The first kappa shape index (κ1) is 18.4. The lowest BCUT2D eigenvalue weighted by atomic mass is 10.1. The van der Waals surface area contributed by atoms with Crippen molar-refractivity contribution in [3.63, 3.8) is 0 Å². The summed E-state index contributed by atoms with van der Waals surface area (Å²) < 4.78 is 0. The van der Waals surface area contributed by atoms with E-state index < -0.39 is 5.91 Å². The number of hydrogen-bond donors (Lipinski definition) is 1. The molecule has 0 aliphatic carbocycles. The number of nitrogens with one attached hydrogen (secondary N) is 1. The van der Waals surface area contributed by atoms with E-state index in [1.165, 1.54) is 11.1 Å². The molecule has 0 radical (unpaired) electrons. The number of aromatic amines is 1.